The quantitative estimate of drug-likeness (QED) is 0.888. The number of carbonyl (C=O) groups is 2. The van der Waals surface area contributed by atoms with Gasteiger partial charge in [0.15, 0.2) is 18.1 Å². The molecule has 0 aliphatic carbocycles. The molecule has 1 amide bonds. The number of hydrogen-bond donors (Lipinski definition) is 1. The van der Waals surface area contributed by atoms with E-state index in [2.05, 4.69) is 0 Å². The van der Waals surface area contributed by atoms with Crippen molar-refractivity contribution in [2.45, 2.75) is 13.3 Å². The third-order valence-electron chi connectivity index (χ3n) is 3.76. The van der Waals surface area contributed by atoms with Gasteiger partial charge >= 0.3 is 5.97 Å². The van der Waals surface area contributed by atoms with Crippen molar-refractivity contribution in [1.82, 2.24) is 4.90 Å². The number of carbonyl (C=O) groups excluding carboxylic acids is 1. The molecule has 0 bridgehead atoms. The number of hydrogen-bond acceptors (Lipinski definition) is 4. The maximum absolute atomic E-state index is 12.1. The van der Waals surface area contributed by atoms with Gasteiger partial charge in [0.2, 0.25) is 0 Å². The van der Waals surface area contributed by atoms with E-state index in [0.29, 0.717) is 24.5 Å². The molecule has 0 unspecified atom stereocenters. The first-order valence-corrected chi connectivity index (χ1v) is 6.73. The molecule has 0 saturated carbocycles. The van der Waals surface area contributed by atoms with E-state index in [1.165, 1.54) is 12.0 Å². The number of benzene rings is 1. The molecule has 0 spiro atoms. The number of para-hydroxylation sites is 2. The minimum absolute atomic E-state index is 0.129. The number of methoxy groups -OCH3 is 1. The highest BCUT2D eigenvalue weighted by Gasteiger charge is 2.42. The first-order chi connectivity index (χ1) is 9.96. The lowest BCUT2D eigenvalue weighted by atomic mass is 9.90. The Morgan fingerprint density at radius 2 is 2.00 bits per heavy atom. The summed E-state index contributed by atoms with van der Waals surface area (Å²) in [5.41, 5.74) is -0.861. The maximum Gasteiger partial charge on any atom is 0.311 e. The van der Waals surface area contributed by atoms with E-state index in [1.807, 2.05) is 6.07 Å². The average molecular weight is 293 g/mol. The van der Waals surface area contributed by atoms with Crippen molar-refractivity contribution in [2.75, 3.05) is 26.8 Å². The van der Waals surface area contributed by atoms with Gasteiger partial charge in [0.1, 0.15) is 0 Å². The van der Waals surface area contributed by atoms with Gasteiger partial charge in [-0.3, -0.25) is 9.59 Å². The Hall–Kier alpha value is -2.24. The molecule has 1 atom stereocenters. The molecule has 1 heterocycles. The summed E-state index contributed by atoms with van der Waals surface area (Å²) in [5, 5.41) is 9.16. The average Bonchev–Trinajstić information content (AvgIpc) is 2.89. The van der Waals surface area contributed by atoms with Crippen LogP contribution in [0.4, 0.5) is 0 Å². The van der Waals surface area contributed by atoms with E-state index in [1.54, 1.807) is 25.1 Å². The van der Waals surface area contributed by atoms with Crippen molar-refractivity contribution >= 4 is 11.9 Å². The Kier molecular flexibility index (Phi) is 4.35. The number of ether oxygens (including phenoxy) is 2. The van der Waals surface area contributed by atoms with Gasteiger partial charge in [0, 0.05) is 13.1 Å². The fourth-order valence-corrected chi connectivity index (χ4v) is 2.32. The van der Waals surface area contributed by atoms with Crippen molar-refractivity contribution in [3.63, 3.8) is 0 Å². The zero-order valence-electron chi connectivity index (χ0n) is 12.2. The van der Waals surface area contributed by atoms with Gasteiger partial charge in [0.25, 0.3) is 5.91 Å². The van der Waals surface area contributed by atoms with Crippen LogP contribution in [0.15, 0.2) is 24.3 Å². The SMILES string of the molecule is COc1ccccc1OCC(=O)N1CC[C@](C)(C(=O)O)C1. The number of aliphatic carboxylic acids is 1. The molecule has 1 saturated heterocycles. The summed E-state index contributed by atoms with van der Waals surface area (Å²) in [7, 11) is 1.53. The van der Waals surface area contributed by atoms with Crippen molar-refractivity contribution < 1.29 is 24.2 Å². The predicted octanol–water partition coefficient (Wildman–Crippen LogP) is 1.40. The minimum atomic E-state index is -0.872. The number of carboxylic acid groups (broad SMARTS) is 1. The monoisotopic (exact) mass is 293 g/mol. The van der Waals surface area contributed by atoms with E-state index < -0.39 is 11.4 Å². The summed E-state index contributed by atoms with van der Waals surface area (Å²) < 4.78 is 10.6. The molecule has 1 aromatic carbocycles. The van der Waals surface area contributed by atoms with Gasteiger partial charge in [-0.15, -0.1) is 0 Å². The van der Waals surface area contributed by atoms with Crippen LogP contribution in [-0.4, -0.2) is 48.7 Å². The third kappa shape index (κ3) is 3.26. The fraction of sp³-hybridized carbons (Fsp3) is 0.467. The Labute approximate surface area is 123 Å². The highest BCUT2D eigenvalue weighted by atomic mass is 16.5. The normalized spacial score (nSPS) is 21.1. The van der Waals surface area contributed by atoms with Crippen LogP contribution >= 0.6 is 0 Å². The first-order valence-electron chi connectivity index (χ1n) is 6.73. The minimum Gasteiger partial charge on any atom is -0.493 e. The molecule has 6 heteroatoms. The molecular weight excluding hydrogens is 274 g/mol. The van der Waals surface area contributed by atoms with Crippen LogP contribution in [-0.2, 0) is 9.59 Å². The zero-order valence-corrected chi connectivity index (χ0v) is 12.2. The summed E-state index contributed by atoms with van der Waals surface area (Å²) in [6, 6.07) is 7.07. The van der Waals surface area contributed by atoms with Crippen LogP contribution in [0.25, 0.3) is 0 Å². The number of rotatable bonds is 5. The highest BCUT2D eigenvalue weighted by Crippen LogP contribution is 2.30. The molecule has 1 fully saturated rings. The Morgan fingerprint density at radius 1 is 1.33 bits per heavy atom. The molecule has 0 radical (unpaired) electrons. The Bertz CT molecular complexity index is 545. The molecule has 6 nitrogen and oxygen atoms in total. The van der Waals surface area contributed by atoms with Gasteiger partial charge in [-0.05, 0) is 25.5 Å². The summed E-state index contributed by atoms with van der Waals surface area (Å²) in [6.45, 7) is 2.19. The van der Waals surface area contributed by atoms with Gasteiger partial charge in [-0.1, -0.05) is 12.1 Å². The molecule has 114 valence electrons. The topological polar surface area (TPSA) is 76.1 Å². The van der Waals surface area contributed by atoms with Gasteiger partial charge in [-0.25, -0.2) is 0 Å². The molecule has 0 aromatic heterocycles. The second-order valence-electron chi connectivity index (χ2n) is 5.37. The van der Waals surface area contributed by atoms with Crippen molar-refractivity contribution in [1.29, 1.82) is 0 Å². The van der Waals surface area contributed by atoms with Crippen LogP contribution in [0.3, 0.4) is 0 Å². The van der Waals surface area contributed by atoms with Crippen LogP contribution in [0.5, 0.6) is 11.5 Å². The van der Waals surface area contributed by atoms with E-state index in [9.17, 15) is 9.59 Å². The van der Waals surface area contributed by atoms with Crippen molar-refractivity contribution in [2.24, 2.45) is 5.41 Å². The van der Waals surface area contributed by atoms with Gasteiger partial charge < -0.3 is 19.5 Å². The van der Waals surface area contributed by atoms with E-state index in [4.69, 9.17) is 14.6 Å². The van der Waals surface area contributed by atoms with Gasteiger partial charge in [0.05, 0.1) is 12.5 Å². The molecular formula is C15H19NO5. The lowest BCUT2D eigenvalue weighted by molar-refractivity contribution is -0.147. The third-order valence-corrected chi connectivity index (χ3v) is 3.76. The number of nitrogens with zero attached hydrogens (tertiary/aromatic N) is 1. The van der Waals surface area contributed by atoms with Crippen LogP contribution < -0.4 is 9.47 Å². The number of carboxylic acids is 1. The Balaban J connectivity index is 1.93. The molecule has 2 rings (SSSR count). The summed E-state index contributed by atoms with van der Waals surface area (Å²) in [4.78, 5) is 24.8. The molecule has 1 aromatic rings. The summed E-state index contributed by atoms with van der Waals surface area (Å²) >= 11 is 0. The second kappa shape index (κ2) is 6.03. The predicted molar refractivity (Wildman–Crippen MR) is 75.4 cm³/mol. The highest BCUT2D eigenvalue weighted by molar-refractivity contribution is 5.81. The van der Waals surface area contributed by atoms with Gasteiger partial charge in [-0.2, -0.15) is 0 Å². The zero-order chi connectivity index (χ0) is 15.5. The molecule has 1 N–H and O–H groups in total. The van der Waals surface area contributed by atoms with Crippen molar-refractivity contribution in [3.05, 3.63) is 24.3 Å². The van der Waals surface area contributed by atoms with E-state index in [0.717, 1.165) is 0 Å². The van der Waals surface area contributed by atoms with Crippen molar-refractivity contribution in [3.8, 4) is 11.5 Å². The van der Waals surface area contributed by atoms with Crippen LogP contribution in [0, 0.1) is 5.41 Å². The lowest BCUT2D eigenvalue weighted by Gasteiger charge is -2.20. The van der Waals surface area contributed by atoms with E-state index >= 15 is 0 Å². The van der Waals surface area contributed by atoms with E-state index in [-0.39, 0.29) is 19.1 Å². The Morgan fingerprint density at radius 3 is 2.57 bits per heavy atom. The first kappa shape index (κ1) is 15.2. The number of amides is 1. The lowest BCUT2D eigenvalue weighted by Crippen LogP contribution is -2.37. The smallest absolute Gasteiger partial charge is 0.311 e. The standard InChI is InChI=1S/C15H19NO5/c1-15(14(18)19)7-8-16(10-15)13(17)9-21-12-6-4-3-5-11(12)20-2/h3-6H,7-10H2,1-2H3,(H,18,19)/t15-/m0/s1. The largest absolute Gasteiger partial charge is 0.493 e. The second-order valence-corrected chi connectivity index (χ2v) is 5.37. The fourth-order valence-electron chi connectivity index (χ4n) is 2.32. The summed E-state index contributed by atoms with van der Waals surface area (Å²) in [6.07, 6.45) is 0.461. The molecule has 1 aliphatic heterocycles. The molecule has 1 aliphatic rings. The maximum atomic E-state index is 12.1. The number of likely N-dealkylation sites (tertiary alicyclic amines) is 1. The molecule has 21 heavy (non-hydrogen) atoms. The summed E-state index contributed by atoms with van der Waals surface area (Å²) in [5.74, 6) is -0.0371. The van der Waals surface area contributed by atoms with Crippen LogP contribution in [0.2, 0.25) is 0 Å². The van der Waals surface area contributed by atoms with Crippen LogP contribution in [0.1, 0.15) is 13.3 Å².